The zero-order chi connectivity index (χ0) is 25.4. The summed E-state index contributed by atoms with van der Waals surface area (Å²) >= 11 is 0. The van der Waals surface area contributed by atoms with E-state index in [0.717, 1.165) is 12.0 Å². The maximum absolute atomic E-state index is 13.5. The molecule has 8 nitrogen and oxygen atoms in total. The molecule has 0 aliphatic carbocycles. The Labute approximate surface area is 199 Å². The highest BCUT2D eigenvalue weighted by molar-refractivity contribution is 5.94. The molecule has 2 atom stereocenters. The van der Waals surface area contributed by atoms with E-state index in [1.54, 1.807) is 16.8 Å². The van der Waals surface area contributed by atoms with Crippen LogP contribution in [0.4, 0.5) is 4.39 Å². The molecule has 188 valence electrons. The van der Waals surface area contributed by atoms with Crippen molar-refractivity contribution in [3.63, 3.8) is 0 Å². The number of hydrogen-bond acceptors (Lipinski definition) is 5. The lowest BCUT2D eigenvalue weighted by atomic mass is 9.95. The van der Waals surface area contributed by atoms with Gasteiger partial charge in [-0.15, -0.1) is 0 Å². The van der Waals surface area contributed by atoms with Gasteiger partial charge in [0, 0.05) is 17.8 Å². The molecule has 0 fully saturated rings. The number of nitrogens with one attached hydrogen (secondary N) is 1. The van der Waals surface area contributed by atoms with E-state index in [-0.39, 0.29) is 24.7 Å². The zero-order valence-electron chi connectivity index (χ0n) is 20.3. The summed E-state index contributed by atoms with van der Waals surface area (Å²) in [6, 6.07) is 5.78. The van der Waals surface area contributed by atoms with Gasteiger partial charge in [0.15, 0.2) is 5.69 Å². The van der Waals surface area contributed by atoms with E-state index in [2.05, 4.69) is 24.3 Å². The highest BCUT2D eigenvalue weighted by Crippen LogP contribution is 2.28. The van der Waals surface area contributed by atoms with Crippen LogP contribution in [0.25, 0.3) is 5.69 Å². The van der Waals surface area contributed by atoms with Gasteiger partial charge in [0.05, 0.1) is 24.3 Å². The summed E-state index contributed by atoms with van der Waals surface area (Å²) in [6.07, 6.45) is -1.20. The Morgan fingerprint density at radius 3 is 2.26 bits per heavy atom. The van der Waals surface area contributed by atoms with E-state index in [4.69, 9.17) is 5.11 Å². The molecule has 1 aromatic heterocycles. The number of hydrogen-bond donors (Lipinski definition) is 4. The van der Waals surface area contributed by atoms with E-state index >= 15 is 0 Å². The van der Waals surface area contributed by atoms with Gasteiger partial charge in [0.1, 0.15) is 5.82 Å². The minimum atomic E-state index is -1.15. The second kappa shape index (κ2) is 12.6. The predicted octanol–water partition coefficient (Wildman–Crippen LogP) is 3.43. The summed E-state index contributed by atoms with van der Waals surface area (Å²) in [4.78, 5) is 23.8. The summed E-state index contributed by atoms with van der Waals surface area (Å²) in [7, 11) is 0. The van der Waals surface area contributed by atoms with Gasteiger partial charge in [-0.3, -0.25) is 9.59 Å². The van der Waals surface area contributed by atoms with Crippen LogP contribution in [0.1, 0.15) is 81.0 Å². The molecule has 0 spiro atoms. The smallest absolute Gasteiger partial charge is 0.305 e. The number of rotatable bonds is 13. The van der Waals surface area contributed by atoms with Crippen molar-refractivity contribution in [2.45, 2.75) is 77.9 Å². The van der Waals surface area contributed by atoms with Gasteiger partial charge in [-0.1, -0.05) is 27.7 Å². The van der Waals surface area contributed by atoms with Crippen LogP contribution in [0.5, 0.6) is 0 Å². The van der Waals surface area contributed by atoms with E-state index in [1.807, 2.05) is 13.8 Å². The zero-order valence-corrected chi connectivity index (χ0v) is 20.3. The first-order valence-corrected chi connectivity index (χ1v) is 11.7. The number of carbonyl (C=O) groups is 2. The Balaban J connectivity index is 2.36. The molecule has 0 saturated carbocycles. The standard InChI is InChI=1S/C25H36FN3O5/c1-15(2)11-12-27-25(34)24-23(16(3)4)21(10-9-19(30)13-20(31)14-22(32)33)29(28-24)18-7-5-17(26)6-8-18/h5-8,15-16,19-20,30-31H,9-14H2,1-4H3,(H,27,34)(H,32,33)/t19-,20-/m1/s1. The molecule has 0 radical (unpaired) electrons. The average molecular weight is 478 g/mol. The molecule has 0 unspecified atom stereocenters. The first kappa shape index (κ1) is 27.5. The minimum absolute atomic E-state index is 0.0511. The molecule has 1 heterocycles. The van der Waals surface area contributed by atoms with Crippen LogP contribution in [-0.2, 0) is 11.2 Å². The quantitative estimate of drug-likeness (QED) is 0.350. The van der Waals surface area contributed by atoms with Crippen LogP contribution in [0, 0.1) is 11.7 Å². The van der Waals surface area contributed by atoms with E-state index in [1.165, 1.54) is 12.1 Å². The molecule has 0 bridgehead atoms. The number of benzene rings is 1. The van der Waals surface area contributed by atoms with Crippen molar-refractivity contribution in [3.8, 4) is 5.69 Å². The summed E-state index contributed by atoms with van der Waals surface area (Å²) in [5.41, 5.74) is 2.32. The highest BCUT2D eigenvalue weighted by Gasteiger charge is 2.26. The third-order valence-electron chi connectivity index (χ3n) is 5.56. The minimum Gasteiger partial charge on any atom is -0.481 e. The van der Waals surface area contributed by atoms with Crippen molar-refractivity contribution in [3.05, 3.63) is 47.0 Å². The number of aliphatic hydroxyl groups excluding tert-OH is 2. The molecule has 0 aliphatic heterocycles. The number of halogens is 1. The molecule has 9 heteroatoms. The number of carboxylic acid groups (broad SMARTS) is 1. The van der Waals surface area contributed by atoms with E-state index < -0.39 is 30.4 Å². The van der Waals surface area contributed by atoms with Crippen molar-refractivity contribution in [2.75, 3.05) is 6.54 Å². The van der Waals surface area contributed by atoms with Gasteiger partial charge in [-0.05, 0) is 61.8 Å². The summed E-state index contributed by atoms with van der Waals surface area (Å²) in [5, 5.41) is 36.6. The fourth-order valence-electron chi connectivity index (χ4n) is 3.85. The summed E-state index contributed by atoms with van der Waals surface area (Å²) in [6.45, 7) is 8.57. The van der Waals surface area contributed by atoms with Crippen LogP contribution in [0.2, 0.25) is 0 Å². The summed E-state index contributed by atoms with van der Waals surface area (Å²) in [5.74, 6) is -1.43. The lowest BCUT2D eigenvalue weighted by molar-refractivity contribution is -0.139. The highest BCUT2D eigenvalue weighted by atomic mass is 19.1. The molecule has 0 saturated heterocycles. The topological polar surface area (TPSA) is 125 Å². The first-order valence-electron chi connectivity index (χ1n) is 11.7. The van der Waals surface area contributed by atoms with Crippen molar-refractivity contribution in [2.24, 2.45) is 5.92 Å². The SMILES string of the molecule is CC(C)CCNC(=O)c1nn(-c2ccc(F)cc2)c(CC[C@@H](O)C[C@@H](O)CC(=O)O)c1C(C)C. The van der Waals surface area contributed by atoms with Crippen molar-refractivity contribution in [1.82, 2.24) is 15.1 Å². The Morgan fingerprint density at radius 2 is 1.71 bits per heavy atom. The predicted molar refractivity (Wildman–Crippen MR) is 127 cm³/mol. The van der Waals surface area contributed by atoms with Gasteiger partial charge in [0.25, 0.3) is 5.91 Å². The van der Waals surface area contributed by atoms with Crippen molar-refractivity contribution < 1.29 is 29.3 Å². The average Bonchev–Trinajstić information content (AvgIpc) is 3.11. The number of carbonyl (C=O) groups excluding carboxylic acids is 1. The van der Waals surface area contributed by atoms with Gasteiger partial charge in [0.2, 0.25) is 0 Å². The normalized spacial score (nSPS) is 13.3. The molecular formula is C25H36FN3O5. The first-order chi connectivity index (χ1) is 16.0. The van der Waals surface area contributed by atoms with Gasteiger partial charge in [-0.2, -0.15) is 5.10 Å². The molecule has 1 aromatic carbocycles. The van der Waals surface area contributed by atoms with Crippen LogP contribution in [0.3, 0.4) is 0 Å². The van der Waals surface area contributed by atoms with Gasteiger partial charge < -0.3 is 20.6 Å². The van der Waals surface area contributed by atoms with Gasteiger partial charge in [-0.25, -0.2) is 9.07 Å². The molecule has 34 heavy (non-hydrogen) atoms. The Kier molecular flexibility index (Phi) is 10.2. The fourth-order valence-corrected chi connectivity index (χ4v) is 3.85. The van der Waals surface area contributed by atoms with Crippen LogP contribution < -0.4 is 5.32 Å². The van der Waals surface area contributed by atoms with E-state index in [0.29, 0.717) is 36.0 Å². The number of carboxylic acids is 1. The molecule has 2 rings (SSSR count). The number of aliphatic hydroxyl groups is 2. The lowest BCUT2D eigenvalue weighted by Crippen LogP contribution is -2.27. The molecular weight excluding hydrogens is 441 g/mol. The van der Waals surface area contributed by atoms with Gasteiger partial charge >= 0.3 is 5.97 Å². The number of aliphatic carboxylic acids is 1. The fraction of sp³-hybridized carbons (Fsp3) is 0.560. The monoisotopic (exact) mass is 477 g/mol. The Hall–Kier alpha value is -2.78. The van der Waals surface area contributed by atoms with E-state index in [9.17, 15) is 24.2 Å². The third-order valence-corrected chi connectivity index (χ3v) is 5.56. The van der Waals surface area contributed by atoms with Crippen LogP contribution >= 0.6 is 0 Å². The number of aromatic nitrogens is 2. The Bertz CT molecular complexity index is 956. The van der Waals surface area contributed by atoms with Crippen molar-refractivity contribution in [1.29, 1.82) is 0 Å². The molecule has 1 amide bonds. The summed E-state index contributed by atoms with van der Waals surface area (Å²) < 4.78 is 15.1. The maximum atomic E-state index is 13.5. The molecule has 2 aromatic rings. The second-order valence-electron chi connectivity index (χ2n) is 9.37. The Morgan fingerprint density at radius 1 is 1.06 bits per heavy atom. The lowest BCUT2D eigenvalue weighted by Gasteiger charge is -2.16. The number of amides is 1. The second-order valence-corrected chi connectivity index (χ2v) is 9.37. The molecule has 4 N–H and O–H groups in total. The van der Waals surface area contributed by atoms with Crippen LogP contribution in [-0.4, -0.2) is 55.7 Å². The van der Waals surface area contributed by atoms with Crippen LogP contribution in [0.15, 0.2) is 24.3 Å². The van der Waals surface area contributed by atoms with Crippen molar-refractivity contribution >= 4 is 11.9 Å². The number of nitrogens with zero attached hydrogens (tertiary/aromatic N) is 2. The largest absolute Gasteiger partial charge is 0.481 e. The molecule has 0 aliphatic rings. The maximum Gasteiger partial charge on any atom is 0.305 e. The third kappa shape index (κ3) is 7.92.